The van der Waals surface area contributed by atoms with E-state index in [2.05, 4.69) is 28.2 Å². The third-order valence-electron chi connectivity index (χ3n) is 2.00. The first-order valence-electron chi connectivity index (χ1n) is 4.77. The summed E-state index contributed by atoms with van der Waals surface area (Å²) in [5.41, 5.74) is 0. The highest BCUT2D eigenvalue weighted by Gasteiger charge is 2.22. The molecule has 0 saturated carbocycles. The van der Waals surface area contributed by atoms with Crippen LogP contribution in [0.15, 0.2) is 0 Å². The maximum atomic E-state index is 11.5. The number of hydrogen-bond acceptors (Lipinski definition) is 3. The van der Waals surface area contributed by atoms with Crippen LogP contribution in [-0.2, 0) is 14.3 Å². The summed E-state index contributed by atoms with van der Waals surface area (Å²) in [6.07, 6.45) is -0.425. The molecule has 0 aromatic carbocycles. The molecule has 1 N–H and O–H groups in total. The Balaban J connectivity index is 2.19. The molecule has 2 unspecified atom stereocenters. The molecule has 5 heteroatoms. The summed E-state index contributed by atoms with van der Waals surface area (Å²) in [5.74, 6) is 0.362. The Morgan fingerprint density at radius 1 is 1.64 bits per heavy atom. The molecule has 1 aliphatic rings. The van der Waals surface area contributed by atoms with E-state index in [4.69, 9.17) is 9.47 Å². The summed E-state index contributed by atoms with van der Waals surface area (Å²) >= 11 is 3.35. The van der Waals surface area contributed by atoms with Gasteiger partial charge in [0, 0.05) is 11.9 Å². The standard InChI is InChI=1S/C9H16BrNO3/c1-7(4-10)5-11-9(12)8-6-13-2-3-14-8/h7-8H,2-6H2,1H3,(H,11,12). The summed E-state index contributed by atoms with van der Waals surface area (Å²) in [6.45, 7) is 4.19. The van der Waals surface area contributed by atoms with Gasteiger partial charge in [-0.05, 0) is 5.92 Å². The molecule has 1 heterocycles. The monoisotopic (exact) mass is 265 g/mol. The minimum absolute atomic E-state index is 0.0718. The van der Waals surface area contributed by atoms with Crippen LogP contribution in [0.2, 0.25) is 0 Å². The number of halogens is 1. The van der Waals surface area contributed by atoms with Crippen molar-refractivity contribution in [2.75, 3.05) is 31.7 Å². The zero-order valence-electron chi connectivity index (χ0n) is 8.29. The van der Waals surface area contributed by atoms with Crippen LogP contribution < -0.4 is 5.32 Å². The van der Waals surface area contributed by atoms with Gasteiger partial charge in [0.1, 0.15) is 0 Å². The molecule has 0 radical (unpaired) electrons. The zero-order valence-corrected chi connectivity index (χ0v) is 9.88. The number of alkyl halides is 1. The maximum absolute atomic E-state index is 11.5. The molecule has 1 fully saturated rings. The molecule has 1 amide bonds. The van der Waals surface area contributed by atoms with Gasteiger partial charge in [0.05, 0.1) is 19.8 Å². The lowest BCUT2D eigenvalue weighted by Gasteiger charge is -2.22. The molecule has 1 saturated heterocycles. The summed E-state index contributed by atoms with van der Waals surface area (Å²) in [5, 5.41) is 3.71. The number of carbonyl (C=O) groups excluding carboxylic acids is 1. The Morgan fingerprint density at radius 2 is 2.43 bits per heavy atom. The molecule has 1 rings (SSSR count). The number of ether oxygens (including phenoxy) is 2. The lowest BCUT2D eigenvalue weighted by molar-refractivity contribution is -0.147. The van der Waals surface area contributed by atoms with Gasteiger partial charge in [-0.1, -0.05) is 22.9 Å². The van der Waals surface area contributed by atoms with Crippen LogP contribution in [-0.4, -0.2) is 43.7 Å². The van der Waals surface area contributed by atoms with Gasteiger partial charge in [-0.25, -0.2) is 0 Å². The van der Waals surface area contributed by atoms with Crippen molar-refractivity contribution in [3.63, 3.8) is 0 Å². The predicted octanol–water partition coefficient (Wildman–Crippen LogP) is 0.549. The van der Waals surface area contributed by atoms with Gasteiger partial charge >= 0.3 is 0 Å². The molecule has 0 bridgehead atoms. The van der Waals surface area contributed by atoms with Gasteiger partial charge in [0.2, 0.25) is 0 Å². The fourth-order valence-corrected chi connectivity index (χ4v) is 1.31. The molecule has 0 aliphatic carbocycles. The SMILES string of the molecule is CC(CBr)CNC(=O)C1COCCO1. The van der Waals surface area contributed by atoms with E-state index in [1.807, 2.05) is 0 Å². The molecule has 0 spiro atoms. The molecular formula is C9H16BrNO3. The molecule has 82 valence electrons. The zero-order chi connectivity index (χ0) is 10.4. The van der Waals surface area contributed by atoms with Crippen LogP contribution in [0.1, 0.15) is 6.92 Å². The van der Waals surface area contributed by atoms with E-state index >= 15 is 0 Å². The molecule has 2 atom stereocenters. The summed E-state index contributed by atoms with van der Waals surface area (Å²) in [7, 11) is 0. The van der Waals surface area contributed by atoms with E-state index in [9.17, 15) is 4.79 Å². The maximum Gasteiger partial charge on any atom is 0.251 e. The van der Waals surface area contributed by atoms with Crippen molar-refractivity contribution >= 4 is 21.8 Å². The Labute approximate surface area is 92.5 Å². The summed E-state index contributed by atoms with van der Waals surface area (Å²) in [4.78, 5) is 11.5. The van der Waals surface area contributed by atoms with Gasteiger partial charge in [-0.3, -0.25) is 4.79 Å². The second-order valence-corrected chi connectivity index (χ2v) is 4.09. The predicted molar refractivity (Wildman–Crippen MR) is 56.5 cm³/mol. The highest BCUT2D eigenvalue weighted by molar-refractivity contribution is 9.09. The third kappa shape index (κ3) is 3.94. The van der Waals surface area contributed by atoms with Crippen molar-refractivity contribution in [1.29, 1.82) is 0 Å². The normalized spacial score (nSPS) is 24.3. The van der Waals surface area contributed by atoms with Crippen molar-refractivity contribution in [3.05, 3.63) is 0 Å². The average Bonchev–Trinajstić information content (AvgIpc) is 2.26. The largest absolute Gasteiger partial charge is 0.376 e. The van der Waals surface area contributed by atoms with E-state index in [1.54, 1.807) is 0 Å². The van der Waals surface area contributed by atoms with E-state index in [-0.39, 0.29) is 5.91 Å². The number of hydrogen-bond donors (Lipinski definition) is 1. The second-order valence-electron chi connectivity index (χ2n) is 3.44. The molecule has 0 aromatic heterocycles. The number of nitrogens with one attached hydrogen (secondary N) is 1. The minimum atomic E-state index is -0.425. The molecule has 1 aliphatic heterocycles. The van der Waals surface area contributed by atoms with Gasteiger partial charge in [0.25, 0.3) is 5.91 Å². The van der Waals surface area contributed by atoms with Gasteiger partial charge in [0.15, 0.2) is 6.10 Å². The van der Waals surface area contributed by atoms with Crippen molar-refractivity contribution in [2.24, 2.45) is 5.92 Å². The van der Waals surface area contributed by atoms with E-state index in [0.717, 1.165) is 5.33 Å². The lowest BCUT2D eigenvalue weighted by Crippen LogP contribution is -2.44. The first kappa shape index (κ1) is 11.9. The van der Waals surface area contributed by atoms with Crippen LogP contribution in [0.25, 0.3) is 0 Å². The molecule has 0 aromatic rings. The van der Waals surface area contributed by atoms with Crippen molar-refractivity contribution in [3.8, 4) is 0 Å². The van der Waals surface area contributed by atoms with Crippen LogP contribution in [0.3, 0.4) is 0 Å². The van der Waals surface area contributed by atoms with Crippen LogP contribution in [0, 0.1) is 5.92 Å². The first-order valence-corrected chi connectivity index (χ1v) is 5.89. The number of amides is 1. The Bertz CT molecular complexity index is 183. The van der Waals surface area contributed by atoms with Crippen LogP contribution >= 0.6 is 15.9 Å². The van der Waals surface area contributed by atoms with Crippen molar-refractivity contribution in [1.82, 2.24) is 5.32 Å². The van der Waals surface area contributed by atoms with Crippen molar-refractivity contribution in [2.45, 2.75) is 13.0 Å². The fourth-order valence-electron chi connectivity index (χ4n) is 1.08. The Morgan fingerprint density at radius 3 is 3.00 bits per heavy atom. The number of carbonyl (C=O) groups is 1. The lowest BCUT2D eigenvalue weighted by atomic mass is 10.2. The Kier molecular flexibility index (Phi) is 5.44. The van der Waals surface area contributed by atoms with E-state index < -0.39 is 6.10 Å². The molecular weight excluding hydrogens is 250 g/mol. The minimum Gasteiger partial charge on any atom is -0.376 e. The fraction of sp³-hybridized carbons (Fsp3) is 0.889. The first-order chi connectivity index (χ1) is 6.74. The molecule has 4 nitrogen and oxygen atoms in total. The highest BCUT2D eigenvalue weighted by Crippen LogP contribution is 2.02. The molecule has 14 heavy (non-hydrogen) atoms. The Hall–Kier alpha value is -0.130. The number of rotatable bonds is 4. The topological polar surface area (TPSA) is 47.6 Å². The van der Waals surface area contributed by atoms with Gasteiger partial charge < -0.3 is 14.8 Å². The van der Waals surface area contributed by atoms with E-state index in [0.29, 0.717) is 32.3 Å². The van der Waals surface area contributed by atoms with Crippen LogP contribution in [0.4, 0.5) is 0 Å². The van der Waals surface area contributed by atoms with Crippen molar-refractivity contribution < 1.29 is 14.3 Å². The van der Waals surface area contributed by atoms with Gasteiger partial charge in [-0.2, -0.15) is 0 Å². The smallest absolute Gasteiger partial charge is 0.251 e. The summed E-state index contributed by atoms with van der Waals surface area (Å²) in [6, 6.07) is 0. The third-order valence-corrected chi connectivity index (χ3v) is 3.10. The average molecular weight is 266 g/mol. The van der Waals surface area contributed by atoms with E-state index in [1.165, 1.54) is 0 Å². The van der Waals surface area contributed by atoms with Gasteiger partial charge in [-0.15, -0.1) is 0 Å². The van der Waals surface area contributed by atoms with Crippen LogP contribution in [0.5, 0.6) is 0 Å². The quantitative estimate of drug-likeness (QED) is 0.756. The summed E-state index contributed by atoms with van der Waals surface area (Å²) < 4.78 is 10.4. The highest BCUT2D eigenvalue weighted by atomic mass is 79.9. The second kappa shape index (κ2) is 6.37.